The molecular weight excluding hydrogens is 540 g/mol. The van der Waals surface area contributed by atoms with E-state index in [0.29, 0.717) is 54.6 Å². The van der Waals surface area contributed by atoms with E-state index in [2.05, 4.69) is 25.9 Å². The highest BCUT2D eigenvalue weighted by Crippen LogP contribution is 2.22. The van der Waals surface area contributed by atoms with E-state index in [1.165, 1.54) is 35.2 Å². The minimum Gasteiger partial charge on any atom is -0.370 e. The average molecular weight is 580 g/mol. The number of anilines is 4. The molecule has 3 rings (SSSR count). The molecule has 0 spiro atoms. The van der Waals surface area contributed by atoms with E-state index in [9.17, 15) is 18.4 Å². The normalized spacial score (nSPS) is 11.9. The number of nitrogens with zero attached hydrogens (tertiary/aromatic N) is 4. The maximum Gasteiger partial charge on any atom is 0.246 e. The molecule has 0 saturated carbocycles. The molecule has 0 aliphatic heterocycles. The van der Waals surface area contributed by atoms with Crippen molar-refractivity contribution in [1.82, 2.24) is 19.8 Å². The van der Waals surface area contributed by atoms with Crippen molar-refractivity contribution in [3.8, 4) is 0 Å². The van der Waals surface area contributed by atoms with Crippen LogP contribution in [0, 0.1) is 11.6 Å². The highest BCUT2D eigenvalue weighted by atomic mass is 19.1. The van der Waals surface area contributed by atoms with Gasteiger partial charge in [-0.05, 0) is 82.2 Å². The Balaban J connectivity index is 1.68. The number of rotatable bonds is 14. The molecule has 2 amide bonds. The molecule has 1 aromatic heterocycles. The lowest BCUT2D eigenvalue weighted by Gasteiger charge is -2.23. The third-order valence-corrected chi connectivity index (χ3v) is 6.50. The van der Waals surface area contributed by atoms with Crippen LogP contribution in [0.5, 0.6) is 0 Å². The van der Waals surface area contributed by atoms with Crippen molar-refractivity contribution in [2.45, 2.75) is 39.2 Å². The molecule has 3 aromatic rings. The van der Waals surface area contributed by atoms with Gasteiger partial charge in [0.05, 0.1) is 0 Å². The fraction of sp³-hybridized carbons (Fsp3) is 0.355. The molecule has 0 fully saturated rings. The van der Waals surface area contributed by atoms with Crippen LogP contribution in [0.1, 0.15) is 31.4 Å². The molecule has 0 bridgehead atoms. The molecule has 2 aromatic carbocycles. The van der Waals surface area contributed by atoms with E-state index in [0.717, 1.165) is 12.0 Å². The zero-order valence-corrected chi connectivity index (χ0v) is 24.7. The summed E-state index contributed by atoms with van der Waals surface area (Å²) >= 11 is 0. The van der Waals surface area contributed by atoms with Crippen LogP contribution in [-0.4, -0.2) is 71.9 Å². The summed E-state index contributed by atoms with van der Waals surface area (Å²) in [6, 6.07) is 9.68. The summed E-state index contributed by atoms with van der Waals surface area (Å²) in [4.78, 5) is 37.5. The largest absolute Gasteiger partial charge is 0.370 e. The number of nitrogens with one attached hydrogen (secondary N) is 3. The molecule has 0 saturated heterocycles. The van der Waals surface area contributed by atoms with Crippen molar-refractivity contribution in [2.24, 2.45) is 0 Å². The minimum atomic E-state index is -0.737. The molecule has 3 N–H and O–H groups in total. The van der Waals surface area contributed by atoms with Crippen LogP contribution in [0.3, 0.4) is 0 Å². The van der Waals surface area contributed by atoms with Gasteiger partial charge in [-0.25, -0.2) is 13.8 Å². The number of hydrogen-bond donors (Lipinski definition) is 3. The molecule has 0 aliphatic carbocycles. The minimum absolute atomic E-state index is 0.286. The summed E-state index contributed by atoms with van der Waals surface area (Å²) in [5, 5.41) is 9.07. The number of aryl methyl sites for hydroxylation is 2. The smallest absolute Gasteiger partial charge is 0.246 e. The fourth-order valence-corrected chi connectivity index (χ4v) is 3.95. The number of amides is 2. The van der Waals surface area contributed by atoms with Gasteiger partial charge < -0.3 is 25.8 Å². The van der Waals surface area contributed by atoms with Gasteiger partial charge in [-0.1, -0.05) is 19.1 Å². The van der Waals surface area contributed by atoms with Gasteiger partial charge in [0.25, 0.3) is 0 Å². The van der Waals surface area contributed by atoms with Gasteiger partial charge in [-0.2, -0.15) is 4.98 Å². The first kappa shape index (κ1) is 32.1. The number of carbonyl (C=O) groups excluding carboxylic acids is 2. The molecule has 11 heteroatoms. The van der Waals surface area contributed by atoms with Crippen molar-refractivity contribution in [3.63, 3.8) is 0 Å². The lowest BCUT2D eigenvalue weighted by atomic mass is 10.0. The van der Waals surface area contributed by atoms with Crippen LogP contribution < -0.4 is 16.0 Å². The molecular formula is C31H39F2N7O2. The Morgan fingerprint density at radius 1 is 1.02 bits per heavy atom. The van der Waals surface area contributed by atoms with Crippen LogP contribution in [0.2, 0.25) is 0 Å². The Morgan fingerprint density at radius 3 is 2.50 bits per heavy atom. The number of hydrogen-bond acceptors (Lipinski definition) is 7. The van der Waals surface area contributed by atoms with Gasteiger partial charge in [0.2, 0.25) is 17.8 Å². The average Bonchev–Trinajstić information content (AvgIpc) is 2.95. The lowest BCUT2D eigenvalue weighted by Crippen LogP contribution is -2.42. The fourth-order valence-electron chi connectivity index (χ4n) is 3.95. The number of likely N-dealkylation sites (N-methyl/N-ethyl adjacent to an activating group) is 2. The maximum atomic E-state index is 14.8. The van der Waals surface area contributed by atoms with E-state index in [1.54, 1.807) is 44.4 Å². The van der Waals surface area contributed by atoms with Crippen molar-refractivity contribution in [1.29, 1.82) is 0 Å². The Morgan fingerprint density at radius 2 is 1.79 bits per heavy atom. The maximum absolute atomic E-state index is 14.8. The van der Waals surface area contributed by atoms with Gasteiger partial charge in [-0.15, -0.1) is 0 Å². The first-order chi connectivity index (χ1) is 20.1. The molecule has 0 aliphatic rings. The van der Waals surface area contributed by atoms with Gasteiger partial charge in [0.15, 0.2) is 0 Å². The van der Waals surface area contributed by atoms with Crippen LogP contribution in [0.25, 0.3) is 0 Å². The SMILES string of the molecule is CCCNc1nc(Nc2cccc(F)c2)ncc1CCc1cc(NC(=O)[C@H](C)N(C)C(=O)/C=C/CN(C)C)ccc1F. The van der Waals surface area contributed by atoms with Crippen LogP contribution in [-0.2, 0) is 22.4 Å². The van der Waals surface area contributed by atoms with Crippen molar-refractivity contribution < 1.29 is 18.4 Å². The number of halogens is 2. The second-order valence-corrected chi connectivity index (χ2v) is 10.2. The Labute approximate surface area is 246 Å². The highest BCUT2D eigenvalue weighted by Gasteiger charge is 2.21. The van der Waals surface area contributed by atoms with Crippen molar-refractivity contribution in [3.05, 3.63) is 83.6 Å². The second kappa shape index (κ2) is 15.6. The van der Waals surface area contributed by atoms with Gasteiger partial charge in [-0.3, -0.25) is 9.59 Å². The second-order valence-electron chi connectivity index (χ2n) is 10.2. The standard InChI is InChI=1S/C31H39F2N7O2/c1-6-16-34-29-23(20-35-31(38-29)37-25-10-7-9-24(32)19-25)13-12-22-18-26(14-15-27(22)33)36-30(42)21(2)40(5)28(41)11-8-17-39(3)4/h7-11,14-15,18-21H,6,12-13,16-17H2,1-5H3,(H,36,42)(H2,34,35,37,38)/b11-8+/t21-/m0/s1. The summed E-state index contributed by atoms with van der Waals surface area (Å²) in [5.74, 6) is -0.519. The molecule has 1 heterocycles. The predicted molar refractivity (Wildman–Crippen MR) is 163 cm³/mol. The van der Waals surface area contributed by atoms with Crippen LogP contribution in [0.4, 0.5) is 31.9 Å². The number of aromatic nitrogens is 2. The quantitative estimate of drug-likeness (QED) is 0.231. The zero-order valence-electron chi connectivity index (χ0n) is 24.7. The summed E-state index contributed by atoms with van der Waals surface area (Å²) in [5.41, 5.74) is 2.16. The topological polar surface area (TPSA) is 102 Å². The Hall–Kier alpha value is -4.38. The highest BCUT2D eigenvalue weighted by molar-refractivity contribution is 5.98. The Bertz CT molecular complexity index is 1400. The summed E-state index contributed by atoms with van der Waals surface area (Å²) in [6.45, 7) is 4.96. The van der Waals surface area contributed by atoms with E-state index >= 15 is 0 Å². The van der Waals surface area contributed by atoms with Gasteiger partial charge in [0, 0.05) is 49.3 Å². The predicted octanol–water partition coefficient (Wildman–Crippen LogP) is 5.01. The van der Waals surface area contributed by atoms with E-state index in [-0.39, 0.29) is 17.6 Å². The first-order valence-electron chi connectivity index (χ1n) is 13.9. The Kier molecular flexibility index (Phi) is 11.9. The molecule has 9 nitrogen and oxygen atoms in total. The molecule has 0 radical (unpaired) electrons. The third kappa shape index (κ3) is 9.62. The molecule has 42 heavy (non-hydrogen) atoms. The molecule has 1 atom stereocenters. The molecule has 0 unspecified atom stereocenters. The van der Waals surface area contributed by atoms with E-state index in [1.807, 2.05) is 25.9 Å². The summed E-state index contributed by atoms with van der Waals surface area (Å²) in [7, 11) is 5.35. The van der Waals surface area contributed by atoms with E-state index in [4.69, 9.17) is 0 Å². The number of carbonyl (C=O) groups is 2. The van der Waals surface area contributed by atoms with Crippen molar-refractivity contribution in [2.75, 3.05) is 50.2 Å². The summed E-state index contributed by atoms with van der Waals surface area (Å²) < 4.78 is 28.3. The van der Waals surface area contributed by atoms with E-state index < -0.39 is 11.9 Å². The first-order valence-corrected chi connectivity index (χ1v) is 13.9. The van der Waals surface area contributed by atoms with Crippen molar-refractivity contribution >= 4 is 35.0 Å². The van der Waals surface area contributed by atoms with Crippen LogP contribution in [0.15, 0.2) is 60.8 Å². The van der Waals surface area contributed by atoms with Gasteiger partial charge >= 0.3 is 0 Å². The monoisotopic (exact) mass is 579 g/mol. The lowest BCUT2D eigenvalue weighted by molar-refractivity contribution is -0.132. The third-order valence-electron chi connectivity index (χ3n) is 6.50. The van der Waals surface area contributed by atoms with Gasteiger partial charge in [0.1, 0.15) is 23.5 Å². The molecule has 224 valence electrons. The summed E-state index contributed by atoms with van der Waals surface area (Å²) in [6.07, 6.45) is 6.49. The van der Waals surface area contributed by atoms with Crippen LogP contribution >= 0.6 is 0 Å². The zero-order chi connectivity index (χ0) is 30.6. The number of benzene rings is 2.